The monoisotopic (exact) mass is 258 g/mol. The lowest BCUT2D eigenvalue weighted by Crippen LogP contribution is -2.33. The van der Waals surface area contributed by atoms with Gasteiger partial charge in [-0.1, -0.05) is 20.4 Å². The van der Waals surface area contributed by atoms with Gasteiger partial charge in [0.2, 0.25) is 0 Å². The average Bonchev–Trinajstić information content (AvgIpc) is 2.20. The molecule has 5 heteroatoms. The average molecular weight is 258 g/mol. The van der Waals surface area contributed by atoms with Crippen LogP contribution in [0, 0.1) is 5.92 Å². The van der Waals surface area contributed by atoms with Gasteiger partial charge in [-0.2, -0.15) is 0 Å². The van der Waals surface area contributed by atoms with Gasteiger partial charge < -0.3 is 14.2 Å². The maximum atomic E-state index is 11.6. The molecule has 0 N–H and O–H groups in total. The number of methoxy groups -OCH3 is 1. The first kappa shape index (κ1) is 16.5. The number of ether oxygens (including phenoxy) is 3. The molecule has 104 valence electrons. The fraction of sp³-hybridized carbons (Fsp3) is 0.692. The quantitative estimate of drug-likeness (QED) is 0.573. The van der Waals surface area contributed by atoms with Crippen molar-refractivity contribution in [2.24, 2.45) is 5.92 Å². The van der Waals surface area contributed by atoms with E-state index in [4.69, 9.17) is 9.47 Å². The van der Waals surface area contributed by atoms with E-state index in [9.17, 15) is 9.59 Å². The molecule has 0 saturated carbocycles. The van der Waals surface area contributed by atoms with E-state index in [0.29, 0.717) is 0 Å². The smallest absolute Gasteiger partial charge is 0.466 e. The van der Waals surface area contributed by atoms with Gasteiger partial charge in [0, 0.05) is 0 Å². The van der Waals surface area contributed by atoms with Crippen LogP contribution < -0.4 is 0 Å². The summed E-state index contributed by atoms with van der Waals surface area (Å²) >= 11 is 0. The Kier molecular flexibility index (Phi) is 5.88. The molecule has 0 aromatic rings. The maximum absolute atomic E-state index is 11.6. The van der Waals surface area contributed by atoms with Crippen molar-refractivity contribution in [3.8, 4) is 0 Å². The summed E-state index contributed by atoms with van der Waals surface area (Å²) in [5, 5.41) is 0. The zero-order chi connectivity index (χ0) is 14.5. The minimum atomic E-state index is -0.828. The van der Waals surface area contributed by atoms with Crippen molar-refractivity contribution >= 4 is 12.1 Å². The van der Waals surface area contributed by atoms with Crippen LogP contribution >= 0.6 is 0 Å². The molecule has 0 rings (SSSR count). The number of esters is 1. The minimum Gasteiger partial charge on any atom is -0.466 e. The van der Waals surface area contributed by atoms with E-state index in [1.165, 1.54) is 7.11 Å². The van der Waals surface area contributed by atoms with Gasteiger partial charge in [-0.25, -0.2) is 9.59 Å². The van der Waals surface area contributed by atoms with Crippen molar-refractivity contribution in [1.29, 1.82) is 0 Å². The Balaban J connectivity index is 4.70. The summed E-state index contributed by atoms with van der Waals surface area (Å²) in [6, 6.07) is 0. The molecule has 0 aliphatic heterocycles. The number of hydrogen-bond acceptors (Lipinski definition) is 5. The van der Waals surface area contributed by atoms with Crippen LogP contribution in [0.4, 0.5) is 4.79 Å². The maximum Gasteiger partial charge on any atom is 0.509 e. The SMILES string of the molecule is C=C(C(=O)OC)C(OC(=O)OC(C)(C)C)C(C)C. The summed E-state index contributed by atoms with van der Waals surface area (Å²) in [5.74, 6) is -0.707. The Morgan fingerprint density at radius 3 is 2.00 bits per heavy atom. The molecule has 0 aliphatic carbocycles. The van der Waals surface area contributed by atoms with Gasteiger partial charge in [0.05, 0.1) is 12.7 Å². The van der Waals surface area contributed by atoms with Gasteiger partial charge in [0.25, 0.3) is 0 Å². The Bertz CT molecular complexity index is 325. The first-order valence-electron chi connectivity index (χ1n) is 5.75. The molecule has 0 aromatic heterocycles. The predicted octanol–water partition coefficient (Wildman–Crippen LogP) is 2.69. The van der Waals surface area contributed by atoms with E-state index in [1.54, 1.807) is 20.8 Å². The molecule has 0 radical (unpaired) electrons. The lowest BCUT2D eigenvalue weighted by Gasteiger charge is -2.25. The first-order chi connectivity index (χ1) is 8.08. The molecule has 0 heterocycles. The van der Waals surface area contributed by atoms with E-state index in [1.807, 2.05) is 13.8 Å². The van der Waals surface area contributed by atoms with Crippen molar-refractivity contribution in [2.45, 2.75) is 46.3 Å². The van der Waals surface area contributed by atoms with Gasteiger partial charge in [0.15, 0.2) is 0 Å². The molecule has 18 heavy (non-hydrogen) atoms. The second-order valence-electron chi connectivity index (χ2n) is 5.26. The van der Waals surface area contributed by atoms with Crippen molar-refractivity contribution in [3.63, 3.8) is 0 Å². The molecular weight excluding hydrogens is 236 g/mol. The Labute approximate surface area is 108 Å². The van der Waals surface area contributed by atoms with Crippen LogP contribution in [-0.4, -0.2) is 30.9 Å². The van der Waals surface area contributed by atoms with Gasteiger partial charge >= 0.3 is 12.1 Å². The van der Waals surface area contributed by atoms with Crippen LogP contribution in [0.2, 0.25) is 0 Å². The molecule has 1 unspecified atom stereocenters. The zero-order valence-electron chi connectivity index (χ0n) is 11.9. The Morgan fingerprint density at radius 1 is 1.17 bits per heavy atom. The van der Waals surface area contributed by atoms with Crippen LogP contribution in [0.25, 0.3) is 0 Å². The highest BCUT2D eigenvalue weighted by molar-refractivity contribution is 5.89. The van der Waals surface area contributed by atoms with Crippen LogP contribution in [0.5, 0.6) is 0 Å². The molecule has 0 bridgehead atoms. The van der Waals surface area contributed by atoms with Crippen LogP contribution in [0.15, 0.2) is 12.2 Å². The first-order valence-corrected chi connectivity index (χ1v) is 5.75. The largest absolute Gasteiger partial charge is 0.509 e. The van der Waals surface area contributed by atoms with E-state index in [-0.39, 0.29) is 11.5 Å². The molecule has 0 saturated heterocycles. The Hall–Kier alpha value is -1.52. The molecule has 0 aromatic carbocycles. The van der Waals surface area contributed by atoms with Gasteiger partial charge in [-0.3, -0.25) is 0 Å². The van der Waals surface area contributed by atoms with Crippen LogP contribution in [0.1, 0.15) is 34.6 Å². The standard InChI is InChI=1S/C13H22O5/c1-8(2)10(9(3)11(14)16-7)17-12(15)18-13(4,5)6/h8,10H,3H2,1-2,4-7H3. The van der Waals surface area contributed by atoms with Crippen LogP contribution in [0.3, 0.4) is 0 Å². The summed E-state index contributed by atoms with van der Waals surface area (Å²) in [5.41, 5.74) is -0.552. The molecule has 0 fully saturated rings. The summed E-state index contributed by atoms with van der Waals surface area (Å²) in [6.07, 6.45) is -1.58. The van der Waals surface area contributed by atoms with Gasteiger partial charge in [-0.05, 0) is 26.7 Å². The fourth-order valence-electron chi connectivity index (χ4n) is 1.23. The highest BCUT2D eigenvalue weighted by atomic mass is 16.7. The highest BCUT2D eigenvalue weighted by Gasteiger charge is 2.29. The molecule has 0 spiro atoms. The summed E-state index contributed by atoms with van der Waals surface area (Å²) in [4.78, 5) is 22.9. The van der Waals surface area contributed by atoms with E-state index in [0.717, 1.165) is 0 Å². The van der Waals surface area contributed by atoms with E-state index in [2.05, 4.69) is 11.3 Å². The van der Waals surface area contributed by atoms with Crippen molar-refractivity contribution in [1.82, 2.24) is 0 Å². The summed E-state index contributed by atoms with van der Waals surface area (Å²) in [7, 11) is 1.25. The third-order valence-electron chi connectivity index (χ3n) is 2.01. The van der Waals surface area contributed by atoms with Crippen molar-refractivity contribution in [2.75, 3.05) is 7.11 Å². The summed E-state index contributed by atoms with van der Waals surface area (Å²) < 4.78 is 14.7. The molecular formula is C13H22O5. The van der Waals surface area contributed by atoms with Crippen LogP contribution in [-0.2, 0) is 19.0 Å². The molecule has 5 nitrogen and oxygen atoms in total. The van der Waals surface area contributed by atoms with Crippen molar-refractivity contribution < 1.29 is 23.8 Å². The molecule has 0 aliphatic rings. The third kappa shape index (κ3) is 5.70. The summed E-state index contributed by atoms with van der Waals surface area (Å²) in [6.45, 7) is 12.4. The second-order valence-corrected chi connectivity index (χ2v) is 5.26. The van der Waals surface area contributed by atoms with Crippen molar-refractivity contribution in [3.05, 3.63) is 12.2 Å². The minimum absolute atomic E-state index is 0.0957. The van der Waals surface area contributed by atoms with E-state index >= 15 is 0 Å². The van der Waals surface area contributed by atoms with Gasteiger partial charge in [-0.15, -0.1) is 0 Å². The lowest BCUT2D eigenvalue weighted by atomic mass is 10.0. The number of rotatable bonds is 4. The normalized spacial score (nSPS) is 12.8. The third-order valence-corrected chi connectivity index (χ3v) is 2.01. The number of carbonyl (C=O) groups excluding carboxylic acids is 2. The second kappa shape index (κ2) is 6.42. The lowest BCUT2D eigenvalue weighted by molar-refractivity contribution is -0.137. The zero-order valence-corrected chi connectivity index (χ0v) is 11.9. The van der Waals surface area contributed by atoms with Gasteiger partial charge in [0.1, 0.15) is 11.7 Å². The fourth-order valence-corrected chi connectivity index (χ4v) is 1.23. The highest BCUT2D eigenvalue weighted by Crippen LogP contribution is 2.18. The topological polar surface area (TPSA) is 61.8 Å². The molecule has 1 atom stereocenters. The van der Waals surface area contributed by atoms with E-state index < -0.39 is 23.8 Å². The predicted molar refractivity (Wildman–Crippen MR) is 67.1 cm³/mol. The molecule has 0 amide bonds. The Morgan fingerprint density at radius 2 is 1.67 bits per heavy atom. The number of carbonyl (C=O) groups is 2. The number of hydrogen-bond donors (Lipinski definition) is 0.